The molecule has 3 aliphatic rings. The maximum atomic E-state index is 13.1. The Balaban J connectivity index is 1.23. The molecule has 0 bridgehead atoms. The quantitative estimate of drug-likeness (QED) is 0.627. The monoisotopic (exact) mass is 514 g/mol. The Kier molecular flexibility index (Phi) is 6.06. The van der Waals surface area contributed by atoms with Crippen molar-refractivity contribution in [2.45, 2.75) is 43.9 Å². The SMILES string of the molecule is N#C[C@@]1(C2CC2)CCN(c2ccnc(Nc3ccc(C(=O)N4CCC(O)(C(F)(F)F)CC4)cn3)c2)C1=O. The number of nitrogens with one attached hydrogen (secondary N) is 1. The van der Waals surface area contributed by atoms with E-state index in [1.165, 1.54) is 17.2 Å². The summed E-state index contributed by atoms with van der Waals surface area (Å²) in [5.41, 5.74) is -2.89. The Morgan fingerprint density at radius 1 is 1.11 bits per heavy atom. The van der Waals surface area contributed by atoms with Gasteiger partial charge in [0.05, 0.1) is 11.6 Å². The van der Waals surface area contributed by atoms with Crippen LogP contribution in [0.3, 0.4) is 0 Å². The maximum absolute atomic E-state index is 13.1. The topological polar surface area (TPSA) is 122 Å². The van der Waals surface area contributed by atoms with Gasteiger partial charge in [-0.25, -0.2) is 9.97 Å². The van der Waals surface area contributed by atoms with E-state index in [1.807, 2.05) is 0 Å². The van der Waals surface area contributed by atoms with Crippen LogP contribution in [-0.4, -0.2) is 63.2 Å². The first kappa shape index (κ1) is 25.0. The Labute approximate surface area is 210 Å². The average Bonchev–Trinajstić information content (AvgIpc) is 3.68. The molecule has 2 saturated heterocycles. The standard InChI is InChI=1S/C25H25F3N6O3/c26-25(27,28)24(37)7-10-33(11-8-24)21(35)16-1-4-19(31-14-16)32-20-13-18(5-9-30-20)34-12-6-23(15-29,22(34)36)17-2-3-17/h1,4-5,9,13-14,17,37H,2-3,6-8,10-12H2,(H,30,31,32)/t23-/m1/s1. The van der Waals surface area contributed by atoms with E-state index >= 15 is 0 Å². The fourth-order valence-corrected chi connectivity index (χ4v) is 5.06. The molecule has 9 nitrogen and oxygen atoms in total. The van der Waals surface area contributed by atoms with E-state index in [2.05, 4.69) is 21.4 Å². The third kappa shape index (κ3) is 4.48. The predicted octanol–water partition coefficient (Wildman–Crippen LogP) is 3.41. The van der Waals surface area contributed by atoms with E-state index in [4.69, 9.17) is 0 Å². The highest BCUT2D eigenvalue weighted by Gasteiger charge is 2.57. The number of piperidine rings is 1. The molecule has 2 aliphatic heterocycles. The van der Waals surface area contributed by atoms with E-state index in [9.17, 15) is 33.1 Å². The lowest BCUT2D eigenvalue weighted by atomic mass is 9.83. The number of rotatable bonds is 5. The second kappa shape index (κ2) is 8.99. The van der Waals surface area contributed by atoms with Crippen molar-refractivity contribution in [3.05, 3.63) is 42.2 Å². The van der Waals surface area contributed by atoms with Gasteiger partial charge in [-0.1, -0.05) is 0 Å². The zero-order valence-electron chi connectivity index (χ0n) is 19.8. The number of nitrogens with zero attached hydrogens (tertiary/aromatic N) is 5. The largest absolute Gasteiger partial charge is 0.417 e. The first-order valence-corrected chi connectivity index (χ1v) is 12.1. The molecule has 4 heterocycles. The van der Waals surface area contributed by atoms with Gasteiger partial charge in [0.2, 0.25) is 5.91 Å². The molecule has 2 amide bonds. The van der Waals surface area contributed by atoms with Crippen molar-refractivity contribution in [1.82, 2.24) is 14.9 Å². The molecule has 0 unspecified atom stereocenters. The number of alkyl halides is 3. The molecule has 1 saturated carbocycles. The van der Waals surface area contributed by atoms with Gasteiger partial charge in [0.15, 0.2) is 5.60 Å². The summed E-state index contributed by atoms with van der Waals surface area (Å²) >= 11 is 0. The van der Waals surface area contributed by atoms with Crippen molar-refractivity contribution in [2.24, 2.45) is 11.3 Å². The normalized spacial score (nSPS) is 23.6. The summed E-state index contributed by atoms with van der Waals surface area (Å²) in [5, 5.41) is 22.5. The highest BCUT2D eigenvalue weighted by molar-refractivity contribution is 6.02. The van der Waals surface area contributed by atoms with Gasteiger partial charge in [-0.3, -0.25) is 9.59 Å². The molecular weight excluding hydrogens is 489 g/mol. The second-order valence-electron chi connectivity index (χ2n) is 9.84. The average molecular weight is 515 g/mol. The number of hydrogen-bond donors (Lipinski definition) is 2. The van der Waals surface area contributed by atoms with Crippen LogP contribution in [0.25, 0.3) is 0 Å². The molecule has 0 spiro atoms. The van der Waals surface area contributed by atoms with Crippen molar-refractivity contribution in [3.63, 3.8) is 0 Å². The zero-order chi connectivity index (χ0) is 26.4. The Morgan fingerprint density at radius 2 is 1.84 bits per heavy atom. The highest BCUT2D eigenvalue weighted by atomic mass is 19.4. The smallest absolute Gasteiger partial charge is 0.380 e. The highest BCUT2D eigenvalue weighted by Crippen LogP contribution is 2.52. The molecule has 2 N–H and O–H groups in total. The number of likely N-dealkylation sites (tertiary alicyclic amines) is 1. The molecule has 2 aromatic rings. The van der Waals surface area contributed by atoms with Gasteiger partial charge >= 0.3 is 6.18 Å². The summed E-state index contributed by atoms with van der Waals surface area (Å²) in [4.78, 5) is 37.1. The van der Waals surface area contributed by atoms with Gasteiger partial charge in [0.25, 0.3) is 5.91 Å². The number of amides is 2. The van der Waals surface area contributed by atoms with Crippen LogP contribution in [0.2, 0.25) is 0 Å². The van der Waals surface area contributed by atoms with E-state index in [0.29, 0.717) is 30.3 Å². The van der Waals surface area contributed by atoms with Crippen molar-refractivity contribution in [3.8, 4) is 6.07 Å². The first-order valence-electron chi connectivity index (χ1n) is 12.1. The van der Waals surface area contributed by atoms with Gasteiger partial charge in [-0.15, -0.1) is 0 Å². The Hall–Kier alpha value is -3.72. The number of hydrogen-bond acceptors (Lipinski definition) is 7. The number of halogens is 3. The van der Waals surface area contributed by atoms with Crippen molar-refractivity contribution in [2.75, 3.05) is 29.9 Å². The van der Waals surface area contributed by atoms with Crippen LogP contribution in [0, 0.1) is 22.7 Å². The lowest BCUT2D eigenvalue weighted by molar-refractivity contribution is -0.271. The van der Waals surface area contributed by atoms with Gasteiger partial charge in [0.1, 0.15) is 17.1 Å². The summed E-state index contributed by atoms with van der Waals surface area (Å²) in [6, 6.07) is 8.72. The molecule has 194 valence electrons. The minimum Gasteiger partial charge on any atom is -0.380 e. The number of pyridine rings is 2. The van der Waals surface area contributed by atoms with E-state index in [-0.39, 0.29) is 30.5 Å². The number of carbonyl (C=O) groups excluding carboxylic acids is 2. The number of nitriles is 1. The molecule has 0 radical (unpaired) electrons. The third-order valence-electron chi connectivity index (χ3n) is 7.56. The molecular formula is C25H25F3N6O3. The summed E-state index contributed by atoms with van der Waals surface area (Å²) in [5.74, 6) is 0.277. The van der Waals surface area contributed by atoms with Crippen molar-refractivity contribution < 1.29 is 27.9 Å². The van der Waals surface area contributed by atoms with Crippen LogP contribution in [0.5, 0.6) is 0 Å². The fourth-order valence-electron chi connectivity index (χ4n) is 5.06. The summed E-state index contributed by atoms with van der Waals surface area (Å²) < 4.78 is 39.0. The van der Waals surface area contributed by atoms with Crippen LogP contribution in [0.1, 0.15) is 42.5 Å². The summed E-state index contributed by atoms with van der Waals surface area (Å²) in [6.45, 7) is 0.0293. The molecule has 0 aromatic carbocycles. The van der Waals surface area contributed by atoms with Crippen molar-refractivity contribution >= 4 is 29.1 Å². The van der Waals surface area contributed by atoms with Crippen LogP contribution in [0.4, 0.5) is 30.5 Å². The minimum absolute atomic E-state index is 0.126. The number of carbonyl (C=O) groups is 2. The van der Waals surface area contributed by atoms with Crippen LogP contribution in [0.15, 0.2) is 36.7 Å². The van der Waals surface area contributed by atoms with Crippen LogP contribution < -0.4 is 10.2 Å². The van der Waals surface area contributed by atoms with Crippen LogP contribution >= 0.6 is 0 Å². The molecule has 5 rings (SSSR count). The predicted molar refractivity (Wildman–Crippen MR) is 126 cm³/mol. The Bertz CT molecular complexity index is 1250. The molecule has 37 heavy (non-hydrogen) atoms. The summed E-state index contributed by atoms with van der Waals surface area (Å²) in [7, 11) is 0. The van der Waals surface area contributed by atoms with E-state index < -0.39 is 35.9 Å². The van der Waals surface area contributed by atoms with Gasteiger partial charge in [-0.2, -0.15) is 18.4 Å². The molecule has 3 fully saturated rings. The van der Waals surface area contributed by atoms with Crippen molar-refractivity contribution in [1.29, 1.82) is 5.26 Å². The molecule has 12 heteroatoms. The Morgan fingerprint density at radius 3 is 2.43 bits per heavy atom. The molecule has 2 aromatic heterocycles. The maximum Gasteiger partial charge on any atom is 0.417 e. The zero-order valence-corrected chi connectivity index (χ0v) is 19.8. The van der Waals surface area contributed by atoms with Crippen LogP contribution in [-0.2, 0) is 4.79 Å². The van der Waals surface area contributed by atoms with E-state index in [0.717, 1.165) is 12.8 Å². The first-order chi connectivity index (χ1) is 17.6. The number of aliphatic hydroxyl groups is 1. The number of anilines is 3. The second-order valence-corrected chi connectivity index (χ2v) is 9.84. The molecule has 1 aliphatic carbocycles. The molecule has 1 atom stereocenters. The third-order valence-corrected chi connectivity index (χ3v) is 7.56. The lowest BCUT2D eigenvalue weighted by Gasteiger charge is -2.39. The fraction of sp³-hybridized carbons (Fsp3) is 0.480. The van der Waals surface area contributed by atoms with Gasteiger partial charge in [0, 0.05) is 56.6 Å². The lowest BCUT2D eigenvalue weighted by Crippen LogP contribution is -2.54. The summed E-state index contributed by atoms with van der Waals surface area (Å²) in [6.07, 6.45) is -0.727. The van der Waals surface area contributed by atoms with Gasteiger partial charge in [-0.05, 0) is 43.4 Å². The van der Waals surface area contributed by atoms with E-state index in [1.54, 1.807) is 29.3 Å². The van der Waals surface area contributed by atoms with Gasteiger partial charge < -0.3 is 20.2 Å². The number of aromatic nitrogens is 2. The minimum atomic E-state index is -4.74.